The second-order valence-corrected chi connectivity index (χ2v) is 8.12. The summed E-state index contributed by atoms with van der Waals surface area (Å²) < 4.78 is 4.89. The molecule has 0 radical (unpaired) electrons. The zero-order valence-corrected chi connectivity index (χ0v) is 18.2. The number of hydrogen-bond acceptors (Lipinski definition) is 8. The van der Waals surface area contributed by atoms with Gasteiger partial charge < -0.3 is 10.1 Å². The van der Waals surface area contributed by atoms with Crippen molar-refractivity contribution in [2.24, 2.45) is 0 Å². The summed E-state index contributed by atoms with van der Waals surface area (Å²) in [6, 6.07) is 9.94. The molecule has 9 heteroatoms. The van der Waals surface area contributed by atoms with E-state index in [9.17, 15) is 14.9 Å². The Morgan fingerprint density at radius 1 is 1.27 bits per heavy atom. The maximum absolute atomic E-state index is 12.3. The molecule has 1 N–H and O–H groups in total. The van der Waals surface area contributed by atoms with Gasteiger partial charge in [-0.15, -0.1) is 11.3 Å². The fourth-order valence-corrected chi connectivity index (χ4v) is 4.20. The first kappa shape index (κ1) is 21.7. The lowest BCUT2D eigenvalue weighted by atomic mass is 10.1. The number of pyridine rings is 1. The van der Waals surface area contributed by atoms with Crippen LogP contribution in [0.15, 0.2) is 34.7 Å². The average Bonchev–Trinajstić information content (AvgIpc) is 3.17. The SMILES string of the molecule is CCOC(=O)Cc1csc(NC(=O)CSc2nc3ccc(CC)cc3cc2C#N)n1. The fourth-order valence-electron chi connectivity index (χ4n) is 2.71. The molecular formula is C21H20N4O3S2. The van der Waals surface area contributed by atoms with E-state index >= 15 is 0 Å². The Balaban J connectivity index is 1.63. The minimum atomic E-state index is -0.353. The van der Waals surface area contributed by atoms with Crippen molar-refractivity contribution in [1.82, 2.24) is 9.97 Å². The van der Waals surface area contributed by atoms with E-state index in [0.717, 1.165) is 17.3 Å². The van der Waals surface area contributed by atoms with Gasteiger partial charge in [0, 0.05) is 10.8 Å². The summed E-state index contributed by atoms with van der Waals surface area (Å²) in [5.41, 5.74) is 2.96. The number of nitriles is 1. The third-order valence-electron chi connectivity index (χ3n) is 4.14. The van der Waals surface area contributed by atoms with Crippen LogP contribution in [0.25, 0.3) is 10.9 Å². The van der Waals surface area contributed by atoms with Crippen LogP contribution in [0.3, 0.4) is 0 Å². The molecule has 154 valence electrons. The number of amides is 1. The molecule has 0 unspecified atom stereocenters. The Labute approximate surface area is 182 Å². The second-order valence-electron chi connectivity index (χ2n) is 6.30. The number of ether oxygens (including phenoxy) is 1. The van der Waals surface area contributed by atoms with Crippen molar-refractivity contribution in [2.75, 3.05) is 17.7 Å². The predicted octanol–water partition coefficient (Wildman–Crippen LogP) is 3.96. The van der Waals surface area contributed by atoms with E-state index in [-0.39, 0.29) is 24.1 Å². The fraction of sp³-hybridized carbons (Fsp3) is 0.286. The number of benzene rings is 1. The van der Waals surface area contributed by atoms with Crippen molar-refractivity contribution in [1.29, 1.82) is 5.26 Å². The first-order valence-electron chi connectivity index (χ1n) is 9.38. The zero-order chi connectivity index (χ0) is 21.5. The Hall–Kier alpha value is -2.96. The standard InChI is InChI=1S/C21H20N4O3S2/c1-3-13-5-6-17-14(7-13)8-15(10-22)20(24-17)29-12-18(26)25-21-23-16(11-30-21)9-19(27)28-4-2/h5-8,11H,3-4,9,12H2,1-2H3,(H,23,25,26). The van der Waals surface area contributed by atoms with E-state index in [2.05, 4.69) is 28.3 Å². The summed E-state index contributed by atoms with van der Waals surface area (Å²) in [5, 5.41) is 15.7. The number of carbonyl (C=O) groups is 2. The van der Waals surface area contributed by atoms with E-state index in [1.54, 1.807) is 12.3 Å². The van der Waals surface area contributed by atoms with Crippen LogP contribution in [0, 0.1) is 11.3 Å². The lowest BCUT2D eigenvalue weighted by molar-refractivity contribution is -0.142. The largest absolute Gasteiger partial charge is 0.466 e. The van der Waals surface area contributed by atoms with Crippen molar-refractivity contribution in [3.8, 4) is 6.07 Å². The third-order valence-corrected chi connectivity index (χ3v) is 5.94. The highest BCUT2D eigenvalue weighted by molar-refractivity contribution is 8.00. The van der Waals surface area contributed by atoms with Gasteiger partial charge in [-0.2, -0.15) is 5.26 Å². The Kier molecular flexibility index (Phi) is 7.38. The molecule has 3 rings (SSSR count). The molecule has 7 nitrogen and oxygen atoms in total. The van der Waals surface area contributed by atoms with E-state index < -0.39 is 0 Å². The van der Waals surface area contributed by atoms with E-state index in [1.165, 1.54) is 28.7 Å². The number of thioether (sulfide) groups is 1. The van der Waals surface area contributed by atoms with Gasteiger partial charge in [0.15, 0.2) is 5.13 Å². The average molecular weight is 441 g/mol. The minimum absolute atomic E-state index is 0.0707. The number of aryl methyl sites for hydroxylation is 1. The third kappa shape index (κ3) is 5.55. The number of carbonyl (C=O) groups excluding carboxylic acids is 2. The van der Waals surface area contributed by atoms with Gasteiger partial charge in [-0.25, -0.2) is 9.97 Å². The number of thiazole rings is 1. The van der Waals surface area contributed by atoms with Crippen LogP contribution in [0.5, 0.6) is 0 Å². The number of rotatable bonds is 8. The summed E-state index contributed by atoms with van der Waals surface area (Å²) in [5.74, 6) is -0.523. The quantitative estimate of drug-likeness (QED) is 0.417. The highest BCUT2D eigenvalue weighted by atomic mass is 32.2. The van der Waals surface area contributed by atoms with Gasteiger partial charge in [0.1, 0.15) is 11.1 Å². The Morgan fingerprint density at radius 2 is 2.10 bits per heavy atom. The summed E-state index contributed by atoms with van der Waals surface area (Å²) in [4.78, 5) is 32.6. The molecule has 1 aromatic carbocycles. The van der Waals surface area contributed by atoms with Crippen molar-refractivity contribution < 1.29 is 14.3 Å². The summed E-state index contributed by atoms with van der Waals surface area (Å²) in [7, 11) is 0. The van der Waals surface area contributed by atoms with Gasteiger partial charge in [-0.05, 0) is 37.1 Å². The van der Waals surface area contributed by atoms with Crippen molar-refractivity contribution in [2.45, 2.75) is 31.7 Å². The number of nitrogens with one attached hydrogen (secondary N) is 1. The molecule has 0 aliphatic rings. The summed E-state index contributed by atoms with van der Waals surface area (Å²) in [6.07, 6.45) is 0.980. The van der Waals surface area contributed by atoms with E-state index in [1.807, 2.05) is 24.3 Å². The van der Waals surface area contributed by atoms with Gasteiger partial charge in [0.2, 0.25) is 5.91 Å². The van der Waals surface area contributed by atoms with E-state index in [4.69, 9.17) is 4.74 Å². The number of hydrogen-bond donors (Lipinski definition) is 1. The van der Waals surface area contributed by atoms with Gasteiger partial charge >= 0.3 is 5.97 Å². The van der Waals surface area contributed by atoms with Crippen LogP contribution in [-0.4, -0.2) is 34.2 Å². The number of esters is 1. The van der Waals surface area contributed by atoms with Crippen LogP contribution in [0.1, 0.15) is 30.7 Å². The van der Waals surface area contributed by atoms with Crippen LogP contribution < -0.4 is 5.32 Å². The highest BCUT2D eigenvalue weighted by Gasteiger charge is 2.13. The molecule has 0 saturated heterocycles. The summed E-state index contributed by atoms with van der Waals surface area (Å²) >= 11 is 2.45. The van der Waals surface area contributed by atoms with E-state index in [0.29, 0.717) is 28.0 Å². The highest BCUT2D eigenvalue weighted by Crippen LogP contribution is 2.26. The minimum Gasteiger partial charge on any atom is -0.466 e. The second kappa shape index (κ2) is 10.2. The lowest BCUT2D eigenvalue weighted by Crippen LogP contribution is -2.14. The monoisotopic (exact) mass is 440 g/mol. The topological polar surface area (TPSA) is 105 Å². The van der Waals surface area contributed by atoms with Gasteiger partial charge in [-0.3, -0.25) is 9.59 Å². The molecule has 0 saturated carbocycles. The molecule has 0 aliphatic carbocycles. The van der Waals surface area contributed by atoms with Crippen LogP contribution in [0.4, 0.5) is 5.13 Å². The van der Waals surface area contributed by atoms with Crippen LogP contribution in [0.2, 0.25) is 0 Å². The predicted molar refractivity (Wildman–Crippen MR) is 118 cm³/mol. The molecule has 0 bridgehead atoms. The maximum atomic E-state index is 12.3. The number of anilines is 1. The van der Waals surface area contributed by atoms with Crippen LogP contribution in [-0.2, 0) is 27.2 Å². The smallest absolute Gasteiger partial charge is 0.311 e. The normalized spacial score (nSPS) is 10.6. The first-order chi connectivity index (χ1) is 14.5. The van der Waals surface area contributed by atoms with Crippen molar-refractivity contribution >= 4 is 51.0 Å². The molecule has 2 aromatic heterocycles. The Morgan fingerprint density at radius 3 is 2.83 bits per heavy atom. The molecule has 3 aromatic rings. The molecular weight excluding hydrogens is 420 g/mol. The molecule has 0 spiro atoms. The number of aromatic nitrogens is 2. The van der Waals surface area contributed by atoms with Crippen molar-refractivity contribution in [3.63, 3.8) is 0 Å². The first-order valence-corrected chi connectivity index (χ1v) is 11.2. The number of nitrogens with zero attached hydrogens (tertiary/aromatic N) is 3. The van der Waals surface area contributed by atoms with Crippen LogP contribution >= 0.6 is 23.1 Å². The lowest BCUT2D eigenvalue weighted by Gasteiger charge is -2.07. The molecule has 0 atom stereocenters. The zero-order valence-electron chi connectivity index (χ0n) is 16.6. The Bertz CT molecular complexity index is 1120. The summed E-state index contributed by atoms with van der Waals surface area (Å²) in [6.45, 7) is 4.13. The number of fused-ring (bicyclic) bond motifs is 1. The van der Waals surface area contributed by atoms with Gasteiger partial charge in [-0.1, -0.05) is 24.8 Å². The molecule has 0 aliphatic heterocycles. The van der Waals surface area contributed by atoms with Gasteiger partial charge in [0.25, 0.3) is 0 Å². The molecule has 30 heavy (non-hydrogen) atoms. The van der Waals surface area contributed by atoms with Crippen molar-refractivity contribution in [3.05, 3.63) is 46.5 Å². The maximum Gasteiger partial charge on any atom is 0.311 e. The molecule has 1 amide bonds. The molecule has 0 fully saturated rings. The molecule has 2 heterocycles. The van der Waals surface area contributed by atoms with Gasteiger partial charge in [0.05, 0.1) is 35.6 Å².